The number of aryl methyl sites for hydroxylation is 1. The molecule has 102 valence electrons. The zero-order valence-electron chi connectivity index (χ0n) is 11.4. The summed E-state index contributed by atoms with van der Waals surface area (Å²) in [6, 6.07) is 12.0. The minimum atomic E-state index is 0.549. The fraction of sp³-hybridized carbons (Fsp3) is 0.188. The molecule has 0 aliphatic rings. The van der Waals surface area contributed by atoms with Gasteiger partial charge in [0.25, 0.3) is 0 Å². The number of hydrogen-bond acceptors (Lipinski definition) is 3. The minimum Gasteiger partial charge on any atom is -0.448 e. The normalized spacial score (nSPS) is 10.9. The molecule has 0 saturated heterocycles. The molecule has 2 N–H and O–H groups in total. The molecule has 0 unspecified atom stereocenters. The Morgan fingerprint density at radius 3 is 2.60 bits per heavy atom. The molecule has 0 amide bonds. The van der Waals surface area contributed by atoms with Crippen LogP contribution in [0.5, 0.6) is 0 Å². The van der Waals surface area contributed by atoms with E-state index in [0.29, 0.717) is 6.54 Å². The Hall–Kier alpha value is -2.33. The first-order valence-corrected chi connectivity index (χ1v) is 6.73. The van der Waals surface area contributed by atoms with Crippen molar-refractivity contribution in [3.8, 4) is 17.3 Å². The van der Waals surface area contributed by atoms with Crippen molar-refractivity contribution in [3.63, 3.8) is 0 Å². The molecule has 2 aromatic heterocycles. The van der Waals surface area contributed by atoms with Crippen molar-refractivity contribution < 1.29 is 4.42 Å². The second-order valence-electron chi connectivity index (χ2n) is 4.63. The molecule has 0 saturated carbocycles. The third-order valence-corrected chi connectivity index (χ3v) is 3.31. The van der Waals surface area contributed by atoms with Gasteiger partial charge < -0.3 is 10.2 Å². The summed E-state index contributed by atoms with van der Waals surface area (Å²) in [4.78, 5) is 4.68. The van der Waals surface area contributed by atoms with Crippen LogP contribution < -0.4 is 5.73 Å². The summed E-state index contributed by atoms with van der Waals surface area (Å²) in [7, 11) is 0. The Morgan fingerprint density at radius 2 is 2.00 bits per heavy atom. The van der Waals surface area contributed by atoms with Crippen LogP contribution in [0.1, 0.15) is 18.2 Å². The zero-order valence-corrected chi connectivity index (χ0v) is 11.4. The number of nitrogens with two attached hydrogens (primary N) is 1. The topological polar surface area (TPSA) is 57.0 Å². The van der Waals surface area contributed by atoms with E-state index >= 15 is 0 Å². The maximum Gasteiger partial charge on any atom is 0.204 e. The molecule has 3 rings (SSSR count). The van der Waals surface area contributed by atoms with Crippen LogP contribution in [0.2, 0.25) is 0 Å². The molecule has 2 heterocycles. The fourth-order valence-corrected chi connectivity index (χ4v) is 2.17. The summed E-state index contributed by atoms with van der Waals surface area (Å²) >= 11 is 0. The van der Waals surface area contributed by atoms with Gasteiger partial charge >= 0.3 is 0 Å². The number of hydrogen-bond donors (Lipinski definition) is 1. The van der Waals surface area contributed by atoms with E-state index in [-0.39, 0.29) is 0 Å². The van der Waals surface area contributed by atoms with E-state index in [1.165, 1.54) is 0 Å². The number of rotatable bonds is 4. The van der Waals surface area contributed by atoms with Gasteiger partial charge in [0.15, 0.2) is 0 Å². The second-order valence-corrected chi connectivity index (χ2v) is 4.63. The maximum absolute atomic E-state index is 5.64. The van der Waals surface area contributed by atoms with Gasteiger partial charge in [-0.2, -0.15) is 0 Å². The molecule has 0 aliphatic carbocycles. The lowest BCUT2D eigenvalue weighted by atomic mass is 10.1. The third-order valence-electron chi connectivity index (χ3n) is 3.31. The smallest absolute Gasteiger partial charge is 0.204 e. The van der Waals surface area contributed by atoms with Crippen LogP contribution in [0.15, 0.2) is 53.3 Å². The monoisotopic (exact) mass is 267 g/mol. The van der Waals surface area contributed by atoms with E-state index in [1.807, 2.05) is 47.2 Å². The molecular formula is C16H17N3O. The van der Waals surface area contributed by atoms with Crippen molar-refractivity contribution in [2.24, 2.45) is 5.73 Å². The first-order chi connectivity index (χ1) is 9.81. The van der Waals surface area contributed by atoms with Gasteiger partial charge in [-0.05, 0) is 18.1 Å². The number of aromatic nitrogens is 2. The highest BCUT2D eigenvalue weighted by molar-refractivity contribution is 5.58. The van der Waals surface area contributed by atoms with Crippen molar-refractivity contribution in [3.05, 3.63) is 60.1 Å². The van der Waals surface area contributed by atoms with E-state index in [9.17, 15) is 0 Å². The summed E-state index contributed by atoms with van der Waals surface area (Å²) in [6.07, 6.45) is 4.58. The van der Waals surface area contributed by atoms with Crippen molar-refractivity contribution >= 4 is 0 Å². The quantitative estimate of drug-likeness (QED) is 0.790. The highest BCUT2D eigenvalue weighted by Gasteiger charge is 2.12. The molecule has 3 aromatic rings. The predicted molar refractivity (Wildman–Crippen MR) is 78.5 cm³/mol. The zero-order chi connectivity index (χ0) is 13.9. The third kappa shape index (κ3) is 2.26. The maximum atomic E-state index is 5.64. The van der Waals surface area contributed by atoms with Crippen LogP contribution in [-0.4, -0.2) is 9.55 Å². The van der Waals surface area contributed by atoms with Gasteiger partial charge in [0, 0.05) is 24.4 Å². The SMILES string of the molecule is CCc1cn(-c2ccco2)c(-c2ccc(CN)cc2)n1. The summed E-state index contributed by atoms with van der Waals surface area (Å²) in [5.74, 6) is 1.66. The van der Waals surface area contributed by atoms with Crippen molar-refractivity contribution in [2.45, 2.75) is 19.9 Å². The van der Waals surface area contributed by atoms with Crippen LogP contribution >= 0.6 is 0 Å². The average Bonchev–Trinajstić information content (AvgIpc) is 3.16. The predicted octanol–water partition coefficient (Wildman–Crippen LogP) is 3.15. The summed E-state index contributed by atoms with van der Waals surface area (Å²) < 4.78 is 7.47. The highest BCUT2D eigenvalue weighted by atomic mass is 16.3. The molecule has 0 aliphatic heterocycles. The Labute approximate surface area is 117 Å². The highest BCUT2D eigenvalue weighted by Crippen LogP contribution is 2.24. The molecular weight excluding hydrogens is 250 g/mol. The van der Waals surface area contributed by atoms with Gasteiger partial charge in [-0.15, -0.1) is 0 Å². The Morgan fingerprint density at radius 1 is 1.20 bits per heavy atom. The van der Waals surface area contributed by atoms with E-state index in [0.717, 1.165) is 35.0 Å². The van der Waals surface area contributed by atoms with Gasteiger partial charge in [-0.1, -0.05) is 31.2 Å². The average molecular weight is 267 g/mol. The van der Waals surface area contributed by atoms with Gasteiger partial charge in [0.05, 0.1) is 12.0 Å². The fourth-order valence-electron chi connectivity index (χ4n) is 2.17. The van der Waals surface area contributed by atoms with Gasteiger partial charge in [0.2, 0.25) is 5.88 Å². The van der Waals surface area contributed by atoms with Gasteiger partial charge in [-0.25, -0.2) is 4.98 Å². The molecule has 0 radical (unpaired) electrons. The molecule has 0 spiro atoms. The van der Waals surface area contributed by atoms with Crippen LogP contribution in [0, 0.1) is 0 Å². The Kier molecular flexibility index (Phi) is 3.39. The van der Waals surface area contributed by atoms with E-state index in [2.05, 4.69) is 11.9 Å². The van der Waals surface area contributed by atoms with Crippen LogP contribution in [-0.2, 0) is 13.0 Å². The lowest BCUT2D eigenvalue weighted by Crippen LogP contribution is -1.97. The summed E-state index contributed by atoms with van der Waals surface area (Å²) in [6.45, 7) is 2.64. The molecule has 0 fully saturated rings. The molecule has 0 atom stereocenters. The van der Waals surface area contributed by atoms with Gasteiger partial charge in [0.1, 0.15) is 5.82 Å². The van der Waals surface area contributed by atoms with Crippen molar-refractivity contribution in [1.82, 2.24) is 9.55 Å². The summed E-state index contributed by atoms with van der Waals surface area (Å²) in [5.41, 5.74) is 8.84. The molecule has 4 heteroatoms. The largest absolute Gasteiger partial charge is 0.448 e. The van der Waals surface area contributed by atoms with E-state index < -0.39 is 0 Å². The van der Waals surface area contributed by atoms with Gasteiger partial charge in [-0.3, -0.25) is 4.57 Å². The lowest BCUT2D eigenvalue weighted by Gasteiger charge is -2.05. The Bertz CT molecular complexity index is 681. The molecule has 1 aromatic carbocycles. The summed E-state index contributed by atoms with van der Waals surface area (Å²) in [5, 5.41) is 0. The number of furan rings is 1. The van der Waals surface area contributed by atoms with E-state index in [4.69, 9.17) is 10.2 Å². The standard InChI is InChI=1S/C16H17N3O/c1-2-14-11-19(15-4-3-9-20-15)16(18-14)13-7-5-12(10-17)6-8-13/h3-9,11H,2,10,17H2,1H3. The number of benzene rings is 1. The molecule has 20 heavy (non-hydrogen) atoms. The first-order valence-electron chi connectivity index (χ1n) is 6.73. The lowest BCUT2D eigenvalue weighted by molar-refractivity contribution is 0.540. The Balaban J connectivity index is 2.09. The number of nitrogens with zero attached hydrogens (tertiary/aromatic N) is 2. The van der Waals surface area contributed by atoms with Crippen LogP contribution in [0.25, 0.3) is 17.3 Å². The number of imidazole rings is 1. The molecule has 0 bridgehead atoms. The first kappa shape index (κ1) is 12.7. The van der Waals surface area contributed by atoms with Crippen molar-refractivity contribution in [1.29, 1.82) is 0 Å². The second kappa shape index (κ2) is 5.35. The van der Waals surface area contributed by atoms with Crippen LogP contribution in [0.4, 0.5) is 0 Å². The van der Waals surface area contributed by atoms with Crippen molar-refractivity contribution in [2.75, 3.05) is 0 Å². The van der Waals surface area contributed by atoms with E-state index in [1.54, 1.807) is 6.26 Å². The van der Waals surface area contributed by atoms with Crippen LogP contribution in [0.3, 0.4) is 0 Å². The molecule has 4 nitrogen and oxygen atoms in total. The minimum absolute atomic E-state index is 0.549.